The molecule has 1 aromatic rings. The summed E-state index contributed by atoms with van der Waals surface area (Å²) in [4.78, 5) is 4.17. The van der Waals surface area contributed by atoms with Gasteiger partial charge in [0.05, 0.1) is 0 Å². The van der Waals surface area contributed by atoms with Gasteiger partial charge < -0.3 is 11.5 Å². The molecule has 3 heteroatoms. The van der Waals surface area contributed by atoms with E-state index in [1.807, 2.05) is 6.92 Å². The van der Waals surface area contributed by atoms with Crippen LogP contribution in [0.3, 0.4) is 0 Å². The highest BCUT2D eigenvalue weighted by Gasteiger charge is 2.14. The van der Waals surface area contributed by atoms with E-state index in [-0.39, 0.29) is 6.04 Å². The number of hydrogen-bond donors (Lipinski definition) is 2. The molecule has 0 spiro atoms. The summed E-state index contributed by atoms with van der Waals surface area (Å²) < 4.78 is 0. The van der Waals surface area contributed by atoms with Crippen molar-refractivity contribution in [1.29, 1.82) is 0 Å². The van der Waals surface area contributed by atoms with Crippen LogP contribution >= 0.6 is 0 Å². The van der Waals surface area contributed by atoms with Gasteiger partial charge in [-0.2, -0.15) is 0 Å². The Kier molecular flexibility index (Phi) is 3.79. The highest BCUT2D eigenvalue weighted by Crippen LogP contribution is 2.28. The molecule has 0 fully saturated rings. The summed E-state index contributed by atoms with van der Waals surface area (Å²) in [6.07, 6.45) is 10.0. The molecule has 4 N–H and O–H groups in total. The first-order valence-corrected chi connectivity index (χ1v) is 6.32. The van der Waals surface area contributed by atoms with Gasteiger partial charge in [-0.05, 0) is 50.7 Å². The summed E-state index contributed by atoms with van der Waals surface area (Å²) in [5.74, 6) is 0.569. The number of nitrogens with two attached hydrogens (primary N) is 2. The van der Waals surface area contributed by atoms with E-state index in [4.69, 9.17) is 11.5 Å². The summed E-state index contributed by atoms with van der Waals surface area (Å²) in [6, 6.07) is 2.03. The molecular weight excluding hydrogens is 210 g/mol. The van der Waals surface area contributed by atoms with Crippen LogP contribution in [0, 0.1) is 6.92 Å². The van der Waals surface area contributed by atoms with Gasteiger partial charge in [-0.3, -0.25) is 0 Å². The van der Waals surface area contributed by atoms with Crippen molar-refractivity contribution < 1.29 is 0 Å². The Hall–Kier alpha value is -1.35. The van der Waals surface area contributed by atoms with Crippen LogP contribution in [-0.4, -0.2) is 4.98 Å². The van der Waals surface area contributed by atoms with Crippen LogP contribution in [0.5, 0.6) is 0 Å². The van der Waals surface area contributed by atoms with Crippen LogP contribution < -0.4 is 11.5 Å². The fourth-order valence-corrected chi connectivity index (χ4v) is 2.38. The summed E-state index contributed by atoms with van der Waals surface area (Å²) in [7, 11) is 0. The molecule has 1 aliphatic rings. The normalized spacial score (nSPS) is 17.6. The van der Waals surface area contributed by atoms with Gasteiger partial charge in [-0.15, -0.1) is 0 Å². The highest BCUT2D eigenvalue weighted by atomic mass is 14.8. The predicted octanol–water partition coefficient (Wildman–Crippen LogP) is 2.86. The standard InChI is InChI=1S/C14H21N3/c1-10-7-12(14(16)17-9-10)13(15)8-11-5-3-2-4-6-11/h5,7,9,13H,2-4,6,8,15H2,1H3,(H2,16,17). The number of allylic oxidation sites excluding steroid dienone is 1. The molecule has 1 heterocycles. The highest BCUT2D eigenvalue weighted by molar-refractivity contribution is 5.43. The topological polar surface area (TPSA) is 64.9 Å². The number of nitrogens with zero attached hydrogens (tertiary/aromatic N) is 1. The van der Waals surface area contributed by atoms with Gasteiger partial charge >= 0.3 is 0 Å². The Balaban J connectivity index is 2.10. The lowest BCUT2D eigenvalue weighted by Crippen LogP contribution is -2.15. The lowest BCUT2D eigenvalue weighted by atomic mass is 9.92. The van der Waals surface area contributed by atoms with E-state index in [2.05, 4.69) is 17.1 Å². The zero-order chi connectivity index (χ0) is 12.3. The number of pyridine rings is 1. The third-order valence-corrected chi connectivity index (χ3v) is 3.35. The van der Waals surface area contributed by atoms with Crippen LogP contribution in [0.15, 0.2) is 23.9 Å². The number of aromatic nitrogens is 1. The quantitative estimate of drug-likeness (QED) is 0.786. The smallest absolute Gasteiger partial charge is 0.128 e. The van der Waals surface area contributed by atoms with Crippen molar-refractivity contribution in [1.82, 2.24) is 4.98 Å². The molecule has 1 aliphatic carbocycles. The number of hydrogen-bond acceptors (Lipinski definition) is 3. The van der Waals surface area contributed by atoms with Gasteiger partial charge in [0.25, 0.3) is 0 Å². The van der Waals surface area contributed by atoms with Crippen LogP contribution in [0.4, 0.5) is 5.82 Å². The Morgan fingerprint density at radius 3 is 2.94 bits per heavy atom. The van der Waals surface area contributed by atoms with Gasteiger partial charge in [0, 0.05) is 17.8 Å². The van der Waals surface area contributed by atoms with Gasteiger partial charge in [0.1, 0.15) is 5.82 Å². The molecule has 3 nitrogen and oxygen atoms in total. The monoisotopic (exact) mass is 231 g/mol. The Bertz CT molecular complexity index is 423. The predicted molar refractivity (Wildman–Crippen MR) is 71.5 cm³/mol. The summed E-state index contributed by atoms with van der Waals surface area (Å²) >= 11 is 0. The molecule has 0 amide bonds. The van der Waals surface area contributed by atoms with Crippen molar-refractivity contribution in [2.45, 2.75) is 45.1 Å². The molecule has 92 valence electrons. The van der Waals surface area contributed by atoms with Crippen molar-refractivity contribution in [2.24, 2.45) is 5.73 Å². The molecule has 0 saturated carbocycles. The molecule has 1 unspecified atom stereocenters. The third-order valence-electron chi connectivity index (χ3n) is 3.35. The molecule has 17 heavy (non-hydrogen) atoms. The largest absolute Gasteiger partial charge is 0.383 e. The zero-order valence-electron chi connectivity index (χ0n) is 10.4. The third kappa shape index (κ3) is 3.07. The minimum absolute atomic E-state index is 0.0215. The van der Waals surface area contributed by atoms with Crippen molar-refractivity contribution in [3.63, 3.8) is 0 Å². The second kappa shape index (κ2) is 5.32. The summed E-state index contributed by atoms with van der Waals surface area (Å²) in [5, 5.41) is 0. The van der Waals surface area contributed by atoms with E-state index in [0.29, 0.717) is 5.82 Å². The summed E-state index contributed by atoms with van der Waals surface area (Å²) in [5.41, 5.74) is 15.7. The van der Waals surface area contributed by atoms with E-state index in [0.717, 1.165) is 17.5 Å². The van der Waals surface area contributed by atoms with Gasteiger partial charge in [-0.25, -0.2) is 4.98 Å². The van der Waals surface area contributed by atoms with Crippen LogP contribution in [0.2, 0.25) is 0 Å². The second-order valence-corrected chi connectivity index (χ2v) is 4.91. The molecule has 0 bridgehead atoms. The van der Waals surface area contributed by atoms with Crippen molar-refractivity contribution in [3.05, 3.63) is 35.0 Å². The molecule has 1 atom stereocenters. The first-order valence-electron chi connectivity index (χ1n) is 6.32. The molecular formula is C14H21N3. The Morgan fingerprint density at radius 1 is 1.41 bits per heavy atom. The number of rotatable bonds is 3. The maximum atomic E-state index is 6.23. The fourth-order valence-electron chi connectivity index (χ4n) is 2.38. The maximum absolute atomic E-state index is 6.23. The fraction of sp³-hybridized carbons (Fsp3) is 0.500. The molecule has 0 saturated heterocycles. The zero-order valence-corrected chi connectivity index (χ0v) is 10.4. The van der Waals surface area contributed by atoms with Gasteiger partial charge in [-0.1, -0.05) is 11.6 Å². The lowest BCUT2D eigenvalue weighted by molar-refractivity contribution is 0.628. The molecule has 2 rings (SSSR count). The summed E-state index contributed by atoms with van der Waals surface area (Å²) in [6.45, 7) is 2.02. The number of aryl methyl sites for hydroxylation is 1. The lowest BCUT2D eigenvalue weighted by Gasteiger charge is -2.18. The van der Waals surface area contributed by atoms with Crippen LogP contribution in [0.25, 0.3) is 0 Å². The molecule has 1 aromatic heterocycles. The number of anilines is 1. The van der Waals surface area contributed by atoms with E-state index in [1.54, 1.807) is 6.20 Å². The maximum Gasteiger partial charge on any atom is 0.128 e. The molecule has 0 aliphatic heterocycles. The average Bonchev–Trinajstić information content (AvgIpc) is 2.33. The van der Waals surface area contributed by atoms with E-state index in [9.17, 15) is 0 Å². The van der Waals surface area contributed by atoms with E-state index >= 15 is 0 Å². The Morgan fingerprint density at radius 2 is 2.24 bits per heavy atom. The van der Waals surface area contributed by atoms with E-state index in [1.165, 1.54) is 31.3 Å². The first-order chi connectivity index (χ1) is 8.16. The molecule has 0 radical (unpaired) electrons. The molecule has 0 aromatic carbocycles. The van der Waals surface area contributed by atoms with Crippen molar-refractivity contribution in [2.75, 3.05) is 5.73 Å². The second-order valence-electron chi connectivity index (χ2n) is 4.91. The first kappa shape index (κ1) is 12.1. The van der Waals surface area contributed by atoms with Crippen LogP contribution in [0.1, 0.15) is 49.3 Å². The SMILES string of the molecule is Cc1cnc(N)c(C(N)CC2=CCCCC2)c1. The number of nitrogen functional groups attached to an aromatic ring is 1. The van der Waals surface area contributed by atoms with Crippen LogP contribution in [-0.2, 0) is 0 Å². The Labute approximate surface area is 103 Å². The van der Waals surface area contributed by atoms with Crippen molar-refractivity contribution in [3.8, 4) is 0 Å². The minimum atomic E-state index is -0.0215. The van der Waals surface area contributed by atoms with Gasteiger partial charge in [0.15, 0.2) is 0 Å². The van der Waals surface area contributed by atoms with Gasteiger partial charge in [0.2, 0.25) is 0 Å². The average molecular weight is 231 g/mol. The minimum Gasteiger partial charge on any atom is -0.383 e. The van der Waals surface area contributed by atoms with E-state index < -0.39 is 0 Å². The van der Waals surface area contributed by atoms with Crippen molar-refractivity contribution >= 4 is 5.82 Å².